The van der Waals surface area contributed by atoms with Gasteiger partial charge in [0.15, 0.2) is 0 Å². The van der Waals surface area contributed by atoms with Crippen molar-refractivity contribution >= 4 is 18.1 Å². The van der Waals surface area contributed by atoms with Gasteiger partial charge in [0.2, 0.25) is 11.8 Å². The fourth-order valence-electron chi connectivity index (χ4n) is 1.45. The van der Waals surface area contributed by atoms with Crippen LogP contribution in [0.1, 0.15) is 19.8 Å². The van der Waals surface area contributed by atoms with E-state index >= 15 is 0 Å². The first-order chi connectivity index (χ1) is 10.6. The van der Waals surface area contributed by atoms with E-state index in [1.807, 2.05) is 6.92 Å². The van der Waals surface area contributed by atoms with Crippen LogP contribution < -0.4 is 5.32 Å². The van der Waals surface area contributed by atoms with Crippen LogP contribution in [-0.4, -0.2) is 69.6 Å². The highest BCUT2D eigenvalue weighted by atomic mass is 16.5. The molecule has 0 aliphatic carbocycles. The van der Waals surface area contributed by atoms with Crippen molar-refractivity contribution in [2.75, 3.05) is 46.6 Å². The molecule has 7 heteroatoms. The average Bonchev–Trinajstić information content (AvgIpc) is 2.52. The van der Waals surface area contributed by atoms with Crippen LogP contribution in [0.2, 0.25) is 0 Å². The number of ether oxygens (including phenoxy) is 2. The fourth-order valence-corrected chi connectivity index (χ4v) is 1.45. The summed E-state index contributed by atoms with van der Waals surface area (Å²) in [6.07, 6.45) is 4.01. The van der Waals surface area contributed by atoms with Gasteiger partial charge in [0.05, 0.1) is 19.8 Å². The summed E-state index contributed by atoms with van der Waals surface area (Å²) in [5.74, 6) is -0.458. The van der Waals surface area contributed by atoms with Gasteiger partial charge >= 0.3 is 0 Å². The Morgan fingerprint density at radius 3 is 2.45 bits per heavy atom. The fraction of sp³-hybridized carbons (Fsp3) is 0.667. The molecule has 0 aliphatic heterocycles. The summed E-state index contributed by atoms with van der Waals surface area (Å²) in [6, 6.07) is 0. The number of aldehydes is 1. The van der Waals surface area contributed by atoms with E-state index in [0.717, 1.165) is 19.1 Å². The molecular weight excluding hydrogens is 288 g/mol. The van der Waals surface area contributed by atoms with Crippen LogP contribution in [0.25, 0.3) is 0 Å². The molecule has 1 N–H and O–H groups in total. The van der Waals surface area contributed by atoms with Gasteiger partial charge in [0.25, 0.3) is 0 Å². The number of hydrogen-bond acceptors (Lipinski definition) is 5. The van der Waals surface area contributed by atoms with Gasteiger partial charge in [-0.15, -0.1) is 0 Å². The van der Waals surface area contributed by atoms with Gasteiger partial charge in [-0.2, -0.15) is 0 Å². The quantitative estimate of drug-likeness (QED) is 0.297. The third-order valence-electron chi connectivity index (χ3n) is 2.66. The molecule has 0 saturated carbocycles. The maximum Gasteiger partial charge on any atom is 0.246 e. The van der Waals surface area contributed by atoms with Gasteiger partial charge in [-0.1, -0.05) is 6.92 Å². The van der Waals surface area contributed by atoms with Crippen molar-refractivity contribution in [3.05, 3.63) is 12.2 Å². The largest absolute Gasteiger partial charge is 0.379 e. The predicted octanol–water partition coefficient (Wildman–Crippen LogP) is 0.149. The highest BCUT2D eigenvalue weighted by Gasteiger charge is 2.07. The smallest absolute Gasteiger partial charge is 0.246 e. The molecule has 0 aromatic heterocycles. The molecule has 0 bridgehead atoms. The van der Waals surface area contributed by atoms with E-state index in [0.29, 0.717) is 39.2 Å². The van der Waals surface area contributed by atoms with Gasteiger partial charge < -0.3 is 19.7 Å². The molecule has 22 heavy (non-hydrogen) atoms. The van der Waals surface area contributed by atoms with E-state index in [9.17, 15) is 14.4 Å². The van der Waals surface area contributed by atoms with Crippen molar-refractivity contribution in [1.82, 2.24) is 10.2 Å². The SMILES string of the molecule is CCCOCCOCCNC(=O)CCN(C)C(=O)/C=C\C=O. The van der Waals surface area contributed by atoms with E-state index in [-0.39, 0.29) is 18.2 Å². The van der Waals surface area contributed by atoms with Gasteiger partial charge in [0, 0.05) is 39.2 Å². The monoisotopic (exact) mass is 314 g/mol. The zero-order chi connectivity index (χ0) is 16.6. The first-order valence-electron chi connectivity index (χ1n) is 7.41. The Morgan fingerprint density at radius 2 is 1.82 bits per heavy atom. The summed E-state index contributed by atoms with van der Waals surface area (Å²) in [5, 5.41) is 2.71. The maximum absolute atomic E-state index is 11.6. The number of likely N-dealkylation sites (N-methyl/N-ethyl adjacent to an activating group) is 1. The van der Waals surface area contributed by atoms with Crippen molar-refractivity contribution in [3.63, 3.8) is 0 Å². The molecule has 0 rings (SSSR count). The number of carbonyl (C=O) groups is 3. The summed E-state index contributed by atoms with van der Waals surface area (Å²) < 4.78 is 10.5. The molecule has 0 radical (unpaired) electrons. The second-order valence-corrected chi connectivity index (χ2v) is 4.58. The molecule has 0 spiro atoms. The van der Waals surface area contributed by atoms with Crippen LogP contribution in [0.15, 0.2) is 12.2 Å². The minimum atomic E-state index is -0.310. The maximum atomic E-state index is 11.6. The number of nitrogens with one attached hydrogen (secondary N) is 1. The second kappa shape index (κ2) is 14.2. The summed E-state index contributed by atoms with van der Waals surface area (Å²) in [6.45, 7) is 4.99. The Bertz CT molecular complexity index is 358. The van der Waals surface area contributed by atoms with E-state index < -0.39 is 0 Å². The Balaban J connectivity index is 3.55. The van der Waals surface area contributed by atoms with Crippen LogP contribution in [0.3, 0.4) is 0 Å². The zero-order valence-electron chi connectivity index (χ0n) is 13.4. The Kier molecular flexibility index (Phi) is 13.1. The lowest BCUT2D eigenvalue weighted by Gasteiger charge is -2.14. The number of rotatable bonds is 13. The summed E-state index contributed by atoms with van der Waals surface area (Å²) in [4.78, 5) is 34.5. The average molecular weight is 314 g/mol. The van der Waals surface area contributed by atoms with E-state index in [4.69, 9.17) is 9.47 Å². The van der Waals surface area contributed by atoms with Crippen LogP contribution in [0.4, 0.5) is 0 Å². The molecule has 2 amide bonds. The molecule has 0 fully saturated rings. The minimum absolute atomic E-state index is 0.148. The first-order valence-corrected chi connectivity index (χ1v) is 7.41. The Morgan fingerprint density at radius 1 is 1.14 bits per heavy atom. The van der Waals surface area contributed by atoms with Gasteiger partial charge in [-0.3, -0.25) is 14.4 Å². The van der Waals surface area contributed by atoms with Gasteiger partial charge in [0.1, 0.15) is 6.29 Å². The molecular formula is C15H26N2O5. The standard InChI is InChI=1S/C15H26N2O5/c1-3-10-21-12-13-22-11-7-16-14(19)6-8-17(2)15(20)5-4-9-18/h4-5,9H,3,6-8,10-13H2,1-2H3,(H,16,19)/b5-4-. The number of hydrogen-bond donors (Lipinski definition) is 1. The first kappa shape index (κ1) is 20.3. The summed E-state index contributed by atoms with van der Waals surface area (Å²) in [7, 11) is 1.57. The molecule has 0 saturated heterocycles. The Hall–Kier alpha value is -1.73. The summed E-state index contributed by atoms with van der Waals surface area (Å²) in [5.41, 5.74) is 0. The third kappa shape index (κ3) is 12.0. The van der Waals surface area contributed by atoms with E-state index in [2.05, 4.69) is 5.32 Å². The van der Waals surface area contributed by atoms with Crippen molar-refractivity contribution in [1.29, 1.82) is 0 Å². The molecule has 0 heterocycles. The number of carbonyl (C=O) groups excluding carboxylic acids is 3. The highest BCUT2D eigenvalue weighted by Crippen LogP contribution is 1.91. The molecule has 0 aliphatic rings. The highest BCUT2D eigenvalue weighted by molar-refractivity contribution is 5.91. The lowest BCUT2D eigenvalue weighted by Crippen LogP contribution is -2.33. The lowest BCUT2D eigenvalue weighted by atomic mass is 10.3. The van der Waals surface area contributed by atoms with Crippen LogP contribution in [0, 0.1) is 0 Å². The van der Waals surface area contributed by atoms with E-state index in [1.165, 1.54) is 11.0 Å². The van der Waals surface area contributed by atoms with Crippen molar-refractivity contribution in [3.8, 4) is 0 Å². The van der Waals surface area contributed by atoms with Crippen molar-refractivity contribution in [2.45, 2.75) is 19.8 Å². The molecule has 0 aromatic carbocycles. The van der Waals surface area contributed by atoms with Crippen LogP contribution >= 0.6 is 0 Å². The predicted molar refractivity (Wildman–Crippen MR) is 82.4 cm³/mol. The van der Waals surface area contributed by atoms with Crippen LogP contribution in [0.5, 0.6) is 0 Å². The lowest BCUT2D eigenvalue weighted by molar-refractivity contribution is -0.126. The molecule has 7 nitrogen and oxygen atoms in total. The van der Waals surface area contributed by atoms with Gasteiger partial charge in [-0.25, -0.2) is 0 Å². The molecule has 0 unspecified atom stereocenters. The van der Waals surface area contributed by atoms with Crippen molar-refractivity contribution in [2.24, 2.45) is 0 Å². The Labute approximate surface area is 131 Å². The third-order valence-corrected chi connectivity index (χ3v) is 2.66. The second-order valence-electron chi connectivity index (χ2n) is 4.58. The minimum Gasteiger partial charge on any atom is -0.379 e. The topological polar surface area (TPSA) is 84.9 Å². The van der Waals surface area contributed by atoms with Crippen molar-refractivity contribution < 1.29 is 23.9 Å². The molecule has 0 atom stereocenters. The molecule has 126 valence electrons. The number of nitrogens with zero attached hydrogens (tertiary/aromatic N) is 1. The zero-order valence-corrected chi connectivity index (χ0v) is 13.4. The number of amides is 2. The van der Waals surface area contributed by atoms with Crippen LogP contribution in [-0.2, 0) is 23.9 Å². The van der Waals surface area contributed by atoms with Gasteiger partial charge in [-0.05, 0) is 12.5 Å². The number of allylic oxidation sites excluding steroid dienone is 1. The summed E-state index contributed by atoms with van der Waals surface area (Å²) >= 11 is 0. The molecule has 0 aromatic rings. The van der Waals surface area contributed by atoms with E-state index in [1.54, 1.807) is 7.05 Å². The normalized spacial score (nSPS) is 10.6.